The van der Waals surface area contributed by atoms with Crippen molar-refractivity contribution in [2.45, 2.75) is 13.0 Å². The number of nitrogens with zero attached hydrogens (tertiary/aromatic N) is 3. The lowest BCUT2D eigenvalue weighted by Gasteiger charge is -2.20. The van der Waals surface area contributed by atoms with Crippen LogP contribution in [0.4, 0.5) is 0 Å². The number of carboxylic acid groups (broad SMARTS) is 1. The monoisotopic (exact) mass is 319 g/mol. The van der Waals surface area contributed by atoms with Crippen molar-refractivity contribution in [3.8, 4) is 11.4 Å². The van der Waals surface area contributed by atoms with Crippen molar-refractivity contribution >= 4 is 12.4 Å². The molecule has 1 unspecified atom stereocenters. The summed E-state index contributed by atoms with van der Waals surface area (Å²) in [6.07, 6.45) is 0. The van der Waals surface area contributed by atoms with Crippen LogP contribution in [-0.2, 0) is 4.79 Å². The van der Waals surface area contributed by atoms with Crippen molar-refractivity contribution in [1.29, 1.82) is 0 Å². The van der Waals surface area contributed by atoms with Gasteiger partial charge in [0.2, 0.25) is 5.82 Å². The third-order valence-electron chi connectivity index (χ3n) is 3.35. The number of carbonyl (C=O) groups is 2. The Morgan fingerprint density at radius 3 is 2.39 bits per heavy atom. The highest BCUT2D eigenvalue weighted by Gasteiger charge is 2.12. The molecule has 2 rings (SSSR count). The topological polar surface area (TPSA) is 111 Å². The van der Waals surface area contributed by atoms with E-state index in [0.717, 1.165) is 5.56 Å². The number of hydrogen-bond acceptors (Lipinski definition) is 5. The van der Waals surface area contributed by atoms with Gasteiger partial charge in [-0.2, -0.15) is 5.10 Å². The Balaban J connectivity index is 0.000000816. The molecular formula is C15H21N5O3. The van der Waals surface area contributed by atoms with Gasteiger partial charge in [-0.1, -0.05) is 24.3 Å². The van der Waals surface area contributed by atoms with Crippen LogP contribution in [0.3, 0.4) is 0 Å². The Kier molecular flexibility index (Phi) is 6.88. The number of H-pyrrole nitrogens is 1. The summed E-state index contributed by atoms with van der Waals surface area (Å²) in [5, 5.41) is 16.1. The van der Waals surface area contributed by atoms with Gasteiger partial charge in [0, 0.05) is 18.7 Å². The first-order chi connectivity index (χ1) is 10.9. The molecule has 8 nitrogen and oxygen atoms in total. The Bertz CT molecular complexity index is 637. The van der Waals surface area contributed by atoms with E-state index in [2.05, 4.69) is 44.5 Å². The number of aromatic nitrogens is 3. The number of rotatable bonds is 4. The summed E-state index contributed by atoms with van der Waals surface area (Å²) >= 11 is 0. The molecule has 0 saturated heterocycles. The van der Waals surface area contributed by atoms with E-state index in [9.17, 15) is 4.79 Å². The summed E-state index contributed by atoms with van der Waals surface area (Å²) < 4.78 is 0. The van der Waals surface area contributed by atoms with Crippen LogP contribution in [0.1, 0.15) is 29.1 Å². The van der Waals surface area contributed by atoms with E-state index in [0.29, 0.717) is 11.9 Å². The second kappa shape index (κ2) is 8.64. The molecule has 2 aromatic rings. The van der Waals surface area contributed by atoms with Gasteiger partial charge in [0.15, 0.2) is 5.82 Å². The zero-order chi connectivity index (χ0) is 17.4. The quantitative estimate of drug-likeness (QED) is 0.729. The van der Waals surface area contributed by atoms with Gasteiger partial charge in [-0.25, -0.2) is 4.98 Å². The summed E-state index contributed by atoms with van der Waals surface area (Å²) in [4.78, 5) is 26.1. The van der Waals surface area contributed by atoms with Crippen LogP contribution in [-0.4, -0.2) is 58.7 Å². The molecule has 124 valence electrons. The molecule has 1 aromatic heterocycles. The van der Waals surface area contributed by atoms with Crippen molar-refractivity contribution in [2.75, 3.05) is 21.1 Å². The highest BCUT2D eigenvalue weighted by Crippen LogP contribution is 2.21. The van der Waals surface area contributed by atoms with Gasteiger partial charge in [-0.3, -0.25) is 14.7 Å². The molecule has 23 heavy (non-hydrogen) atoms. The van der Waals surface area contributed by atoms with Gasteiger partial charge in [-0.05, 0) is 26.6 Å². The van der Waals surface area contributed by atoms with Crippen LogP contribution < -0.4 is 5.32 Å². The third kappa shape index (κ3) is 4.89. The summed E-state index contributed by atoms with van der Waals surface area (Å²) in [5.41, 5.74) is 2.10. The first-order valence-electron chi connectivity index (χ1n) is 6.93. The predicted octanol–water partition coefficient (Wildman–Crippen LogP) is 1.15. The average Bonchev–Trinajstić information content (AvgIpc) is 3.04. The second-order valence-electron chi connectivity index (χ2n) is 4.95. The summed E-state index contributed by atoms with van der Waals surface area (Å²) in [6, 6.07) is 8.38. The zero-order valence-electron chi connectivity index (χ0n) is 13.6. The molecule has 1 heterocycles. The number of hydrogen-bond donors (Lipinski definition) is 3. The minimum absolute atomic E-state index is 0.216. The van der Waals surface area contributed by atoms with Gasteiger partial charge >= 0.3 is 0 Å². The van der Waals surface area contributed by atoms with Crippen molar-refractivity contribution in [3.05, 3.63) is 35.7 Å². The minimum atomic E-state index is -0.276. The molecule has 3 N–H and O–H groups in total. The van der Waals surface area contributed by atoms with E-state index in [-0.39, 0.29) is 18.2 Å². The van der Waals surface area contributed by atoms with Gasteiger partial charge < -0.3 is 15.3 Å². The first kappa shape index (κ1) is 18.3. The highest BCUT2D eigenvalue weighted by molar-refractivity contribution is 5.90. The number of amides is 1. The molecule has 0 spiro atoms. The van der Waals surface area contributed by atoms with Gasteiger partial charge in [-0.15, -0.1) is 0 Å². The Labute approximate surface area is 134 Å². The largest absolute Gasteiger partial charge is 0.483 e. The van der Waals surface area contributed by atoms with Crippen molar-refractivity contribution < 1.29 is 14.7 Å². The van der Waals surface area contributed by atoms with Crippen molar-refractivity contribution in [3.63, 3.8) is 0 Å². The van der Waals surface area contributed by atoms with Crippen LogP contribution in [0.2, 0.25) is 0 Å². The molecule has 0 radical (unpaired) electrons. The minimum Gasteiger partial charge on any atom is -0.483 e. The number of nitrogens with one attached hydrogen (secondary N) is 2. The standard InChI is InChI=1S/C14H19N5O.CH2O2/c1-9(19(3)4)10-5-7-11(8-6-10)12-16-13(18-17-12)14(20)15-2;2-1-3/h5-9H,1-4H3,(H,15,20)(H,16,17,18);1H,(H,2,3). The fraction of sp³-hybridized carbons (Fsp3) is 0.333. The Hall–Kier alpha value is -2.74. The van der Waals surface area contributed by atoms with E-state index < -0.39 is 0 Å². The normalized spacial score (nSPS) is 11.3. The smallest absolute Gasteiger partial charge is 0.290 e. The molecule has 0 aliphatic heterocycles. The summed E-state index contributed by atoms with van der Waals surface area (Å²) in [6.45, 7) is 1.89. The lowest BCUT2D eigenvalue weighted by Crippen LogP contribution is -2.19. The fourth-order valence-corrected chi connectivity index (χ4v) is 1.82. The lowest BCUT2D eigenvalue weighted by molar-refractivity contribution is -0.122. The predicted molar refractivity (Wildman–Crippen MR) is 86.0 cm³/mol. The average molecular weight is 319 g/mol. The lowest BCUT2D eigenvalue weighted by atomic mass is 10.1. The number of aromatic amines is 1. The number of carbonyl (C=O) groups excluding carboxylic acids is 1. The SMILES string of the molecule is CNC(=O)c1nc(-c2ccc(C(C)N(C)C)cc2)n[nH]1.O=CO. The van der Waals surface area contributed by atoms with Crippen LogP contribution in [0.5, 0.6) is 0 Å². The van der Waals surface area contributed by atoms with E-state index in [1.165, 1.54) is 5.56 Å². The maximum absolute atomic E-state index is 11.4. The van der Waals surface area contributed by atoms with E-state index in [4.69, 9.17) is 9.90 Å². The van der Waals surface area contributed by atoms with E-state index >= 15 is 0 Å². The molecule has 8 heteroatoms. The molecule has 1 amide bonds. The molecule has 1 atom stereocenters. The van der Waals surface area contributed by atoms with Gasteiger partial charge in [0.25, 0.3) is 12.4 Å². The van der Waals surface area contributed by atoms with E-state index in [1.807, 2.05) is 26.2 Å². The van der Waals surface area contributed by atoms with Crippen molar-refractivity contribution in [1.82, 2.24) is 25.4 Å². The zero-order valence-corrected chi connectivity index (χ0v) is 13.6. The maximum Gasteiger partial charge on any atom is 0.290 e. The first-order valence-corrected chi connectivity index (χ1v) is 6.93. The van der Waals surface area contributed by atoms with Crippen LogP contribution in [0.25, 0.3) is 11.4 Å². The fourth-order valence-electron chi connectivity index (χ4n) is 1.82. The maximum atomic E-state index is 11.4. The summed E-state index contributed by atoms with van der Waals surface area (Å²) in [5.74, 6) is 0.461. The third-order valence-corrected chi connectivity index (χ3v) is 3.35. The van der Waals surface area contributed by atoms with Crippen LogP contribution >= 0.6 is 0 Å². The molecule has 0 aliphatic carbocycles. The molecule has 0 saturated carbocycles. The van der Waals surface area contributed by atoms with Crippen molar-refractivity contribution in [2.24, 2.45) is 0 Å². The van der Waals surface area contributed by atoms with E-state index in [1.54, 1.807) is 7.05 Å². The molecule has 0 bridgehead atoms. The molecule has 0 aliphatic rings. The Morgan fingerprint density at radius 1 is 1.35 bits per heavy atom. The number of benzene rings is 1. The van der Waals surface area contributed by atoms with Crippen LogP contribution in [0, 0.1) is 0 Å². The second-order valence-corrected chi connectivity index (χ2v) is 4.95. The van der Waals surface area contributed by atoms with Gasteiger partial charge in [0.05, 0.1) is 0 Å². The summed E-state index contributed by atoms with van der Waals surface area (Å²) in [7, 11) is 5.65. The van der Waals surface area contributed by atoms with Gasteiger partial charge in [0.1, 0.15) is 0 Å². The highest BCUT2D eigenvalue weighted by atomic mass is 16.3. The van der Waals surface area contributed by atoms with Crippen LogP contribution in [0.15, 0.2) is 24.3 Å². The molecule has 0 fully saturated rings. The Morgan fingerprint density at radius 2 is 1.91 bits per heavy atom. The molecule has 1 aromatic carbocycles. The molecular weight excluding hydrogens is 298 g/mol.